The molecule has 0 spiro atoms. The highest BCUT2D eigenvalue weighted by Crippen LogP contribution is 2.21. The number of nitrogens with one attached hydrogen (secondary N) is 1. The molecule has 3 heterocycles. The van der Waals surface area contributed by atoms with Crippen molar-refractivity contribution < 1.29 is 4.74 Å². The molecular formula is C21H24N4O. The minimum atomic E-state index is 0.730. The Balaban J connectivity index is 1.34. The molecule has 26 heavy (non-hydrogen) atoms. The lowest BCUT2D eigenvalue weighted by Gasteiger charge is -2.14. The molecule has 0 amide bonds. The number of aromatic nitrogens is 2. The van der Waals surface area contributed by atoms with Gasteiger partial charge >= 0.3 is 0 Å². The Morgan fingerprint density at radius 3 is 2.65 bits per heavy atom. The van der Waals surface area contributed by atoms with E-state index in [9.17, 15) is 0 Å². The minimum absolute atomic E-state index is 0.730. The van der Waals surface area contributed by atoms with Crippen molar-refractivity contribution in [2.45, 2.75) is 19.3 Å². The Hall–Kier alpha value is -2.66. The largest absolute Gasteiger partial charge is 0.493 e. The molecule has 1 aromatic carbocycles. The van der Waals surface area contributed by atoms with E-state index in [1.165, 1.54) is 25.9 Å². The van der Waals surface area contributed by atoms with Gasteiger partial charge in [-0.2, -0.15) is 0 Å². The van der Waals surface area contributed by atoms with Crippen LogP contribution in [0.3, 0.4) is 0 Å². The Labute approximate surface area is 154 Å². The predicted octanol–water partition coefficient (Wildman–Crippen LogP) is 4.24. The number of likely N-dealkylation sites (tertiary alicyclic amines) is 1. The fourth-order valence-electron chi connectivity index (χ4n) is 3.34. The minimum Gasteiger partial charge on any atom is -0.493 e. The SMILES string of the molecule is c1ccc2cc(Nc3cc(OCCCN4CCCC4)ccn3)ncc2c1. The van der Waals surface area contributed by atoms with Gasteiger partial charge in [-0.3, -0.25) is 0 Å². The summed E-state index contributed by atoms with van der Waals surface area (Å²) in [5.41, 5.74) is 0. The van der Waals surface area contributed by atoms with Crippen molar-refractivity contribution in [1.82, 2.24) is 14.9 Å². The second-order valence-corrected chi connectivity index (χ2v) is 6.67. The summed E-state index contributed by atoms with van der Waals surface area (Å²) in [6.07, 6.45) is 7.36. The number of fused-ring (bicyclic) bond motifs is 1. The normalized spacial score (nSPS) is 14.6. The number of ether oxygens (including phenoxy) is 1. The van der Waals surface area contributed by atoms with Gasteiger partial charge in [-0.15, -0.1) is 0 Å². The third kappa shape index (κ3) is 4.29. The molecule has 5 heteroatoms. The van der Waals surface area contributed by atoms with Crippen molar-refractivity contribution in [3.05, 3.63) is 54.9 Å². The molecule has 1 fully saturated rings. The van der Waals surface area contributed by atoms with Gasteiger partial charge in [0.05, 0.1) is 6.61 Å². The fourth-order valence-corrected chi connectivity index (χ4v) is 3.34. The van der Waals surface area contributed by atoms with Gasteiger partial charge in [0.1, 0.15) is 17.4 Å². The van der Waals surface area contributed by atoms with Gasteiger partial charge in [-0.05, 0) is 49.9 Å². The van der Waals surface area contributed by atoms with Crippen LogP contribution < -0.4 is 10.1 Å². The van der Waals surface area contributed by atoms with Crippen LogP contribution in [0.1, 0.15) is 19.3 Å². The maximum absolute atomic E-state index is 5.89. The zero-order valence-electron chi connectivity index (χ0n) is 14.9. The van der Waals surface area contributed by atoms with Crippen LogP contribution in [0.25, 0.3) is 10.8 Å². The van der Waals surface area contributed by atoms with E-state index in [-0.39, 0.29) is 0 Å². The zero-order valence-corrected chi connectivity index (χ0v) is 14.9. The van der Waals surface area contributed by atoms with Crippen molar-refractivity contribution >= 4 is 22.4 Å². The second-order valence-electron chi connectivity index (χ2n) is 6.67. The van der Waals surface area contributed by atoms with E-state index in [0.717, 1.165) is 47.7 Å². The van der Waals surface area contributed by atoms with E-state index in [1.807, 2.05) is 36.5 Å². The van der Waals surface area contributed by atoms with Crippen LogP contribution in [-0.4, -0.2) is 41.1 Å². The van der Waals surface area contributed by atoms with Crippen molar-refractivity contribution in [2.24, 2.45) is 0 Å². The van der Waals surface area contributed by atoms with Gasteiger partial charge in [-0.1, -0.05) is 24.3 Å². The second kappa shape index (κ2) is 8.15. The highest BCUT2D eigenvalue weighted by molar-refractivity contribution is 5.84. The maximum atomic E-state index is 5.89. The van der Waals surface area contributed by atoms with Gasteiger partial charge < -0.3 is 15.0 Å². The molecule has 1 N–H and O–H groups in total. The van der Waals surface area contributed by atoms with E-state index >= 15 is 0 Å². The number of hydrogen-bond acceptors (Lipinski definition) is 5. The number of benzene rings is 1. The summed E-state index contributed by atoms with van der Waals surface area (Å²) in [6, 6.07) is 14.0. The van der Waals surface area contributed by atoms with Crippen LogP contribution in [0.15, 0.2) is 54.9 Å². The average molecular weight is 348 g/mol. The molecular weight excluding hydrogens is 324 g/mol. The number of rotatable bonds is 7. The van der Waals surface area contributed by atoms with Crippen molar-refractivity contribution in [3.63, 3.8) is 0 Å². The number of nitrogens with zero attached hydrogens (tertiary/aromatic N) is 3. The lowest BCUT2D eigenvalue weighted by atomic mass is 10.2. The Bertz CT molecular complexity index is 861. The molecule has 1 saturated heterocycles. The van der Waals surface area contributed by atoms with Crippen LogP contribution in [-0.2, 0) is 0 Å². The average Bonchev–Trinajstić information content (AvgIpc) is 3.19. The van der Waals surface area contributed by atoms with Crippen LogP contribution in [0, 0.1) is 0 Å². The first-order valence-electron chi connectivity index (χ1n) is 9.30. The molecule has 0 atom stereocenters. The molecule has 5 nitrogen and oxygen atoms in total. The van der Waals surface area contributed by atoms with Gasteiger partial charge in [0.2, 0.25) is 0 Å². The first-order valence-corrected chi connectivity index (χ1v) is 9.30. The molecule has 0 unspecified atom stereocenters. The molecule has 2 aromatic heterocycles. The van der Waals surface area contributed by atoms with Gasteiger partial charge in [0.15, 0.2) is 0 Å². The summed E-state index contributed by atoms with van der Waals surface area (Å²) in [6.45, 7) is 4.33. The number of anilines is 2. The highest BCUT2D eigenvalue weighted by Gasteiger charge is 2.10. The quantitative estimate of drug-likeness (QED) is 0.647. The Morgan fingerprint density at radius 2 is 1.77 bits per heavy atom. The highest BCUT2D eigenvalue weighted by atomic mass is 16.5. The third-order valence-corrected chi connectivity index (χ3v) is 4.70. The standard InChI is InChI=1S/C21H24N4O/c1-2-7-18-16-23-20(14-17(18)6-1)24-21-15-19(8-9-22-21)26-13-5-12-25-10-3-4-11-25/h1-2,6-9,14-16H,3-5,10-13H2,(H,22,23,24). The molecule has 0 saturated carbocycles. The van der Waals surface area contributed by atoms with E-state index in [2.05, 4.69) is 32.3 Å². The summed E-state index contributed by atoms with van der Waals surface area (Å²) >= 11 is 0. The van der Waals surface area contributed by atoms with Gasteiger partial charge in [0.25, 0.3) is 0 Å². The number of hydrogen-bond donors (Lipinski definition) is 1. The van der Waals surface area contributed by atoms with Crippen molar-refractivity contribution in [3.8, 4) is 5.75 Å². The molecule has 0 aliphatic carbocycles. The predicted molar refractivity (Wildman–Crippen MR) is 105 cm³/mol. The van der Waals surface area contributed by atoms with Crippen LogP contribution in [0.4, 0.5) is 11.6 Å². The molecule has 0 radical (unpaired) electrons. The number of pyridine rings is 2. The van der Waals surface area contributed by atoms with Crippen LogP contribution in [0.2, 0.25) is 0 Å². The smallest absolute Gasteiger partial charge is 0.135 e. The molecule has 134 valence electrons. The fraction of sp³-hybridized carbons (Fsp3) is 0.333. The Kier molecular flexibility index (Phi) is 5.26. The topological polar surface area (TPSA) is 50.3 Å². The summed E-state index contributed by atoms with van der Waals surface area (Å²) < 4.78 is 5.89. The van der Waals surface area contributed by atoms with E-state index < -0.39 is 0 Å². The molecule has 1 aliphatic rings. The zero-order chi connectivity index (χ0) is 17.6. The maximum Gasteiger partial charge on any atom is 0.135 e. The third-order valence-electron chi connectivity index (χ3n) is 4.70. The first-order chi connectivity index (χ1) is 12.9. The van der Waals surface area contributed by atoms with Gasteiger partial charge in [-0.25, -0.2) is 9.97 Å². The van der Waals surface area contributed by atoms with E-state index in [0.29, 0.717) is 0 Å². The summed E-state index contributed by atoms with van der Waals surface area (Å²) in [5.74, 6) is 2.36. The first kappa shape index (κ1) is 16.8. The van der Waals surface area contributed by atoms with Crippen LogP contribution >= 0.6 is 0 Å². The monoisotopic (exact) mass is 348 g/mol. The molecule has 1 aliphatic heterocycles. The molecule has 0 bridgehead atoms. The summed E-state index contributed by atoms with van der Waals surface area (Å²) in [4.78, 5) is 11.3. The summed E-state index contributed by atoms with van der Waals surface area (Å²) in [5, 5.41) is 5.54. The van der Waals surface area contributed by atoms with Crippen molar-refractivity contribution in [2.75, 3.05) is 31.6 Å². The van der Waals surface area contributed by atoms with Crippen LogP contribution in [0.5, 0.6) is 5.75 Å². The van der Waals surface area contributed by atoms with Gasteiger partial charge in [0, 0.05) is 30.4 Å². The van der Waals surface area contributed by atoms with Crippen molar-refractivity contribution in [1.29, 1.82) is 0 Å². The molecule has 4 rings (SSSR count). The lowest BCUT2D eigenvalue weighted by molar-refractivity contribution is 0.263. The lowest BCUT2D eigenvalue weighted by Crippen LogP contribution is -2.21. The van der Waals surface area contributed by atoms with E-state index in [1.54, 1.807) is 6.20 Å². The molecule has 3 aromatic rings. The van der Waals surface area contributed by atoms with E-state index in [4.69, 9.17) is 4.74 Å². The summed E-state index contributed by atoms with van der Waals surface area (Å²) in [7, 11) is 0. The Morgan fingerprint density at radius 1 is 0.962 bits per heavy atom.